The van der Waals surface area contributed by atoms with Crippen LogP contribution in [-0.2, 0) is 9.59 Å². The summed E-state index contributed by atoms with van der Waals surface area (Å²) in [4.78, 5) is 29.0. The fourth-order valence-corrected chi connectivity index (χ4v) is 2.76. The molecule has 2 rings (SSSR count). The number of nitrogen functional groups attached to an aromatic ring is 1. The zero-order chi connectivity index (χ0) is 14.5. The topological polar surface area (TPSA) is 143 Å². The second-order valence-corrected chi connectivity index (χ2v) is 5.40. The Bertz CT molecular complexity index is 484. The summed E-state index contributed by atoms with van der Waals surface area (Å²) >= 11 is 1.23. The van der Waals surface area contributed by atoms with Gasteiger partial charge in [0.15, 0.2) is 0 Å². The predicted octanol–water partition coefficient (Wildman–Crippen LogP) is -1.29. The summed E-state index contributed by atoms with van der Waals surface area (Å²) in [6.45, 7) is 1.13. The van der Waals surface area contributed by atoms with Gasteiger partial charge < -0.3 is 10.6 Å². The van der Waals surface area contributed by atoms with Crippen LogP contribution in [0.4, 0.5) is 5.95 Å². The van der Waals surface area contributed by atoms with Gasteiger partial charge in [-0.1, -0.05) is 11.8 Å². The van der Waals surface area contributed by atoms with Crippen molar-refractivity contribution in [1.29, 1.82) is 0 Å². The van der Waals surface area contributed by atoms with E-state index in [1.54, 1.807) is 4.90 Å². The number of hydrogen-bond acceptors (Lipinski definition) is 7. The second kappa shape index (κ2) is 6.57. The number of H-pyrrole nitrogens is 1. The van der Waals surface area contributed by atoms with Crippen molar-refractivity contribution in [3.05, 3.63) is 0 Å². The molecule has 0 saturated carbocycles. The number of nitrogens with two attached hydrogens (primary N) is 2. The van der Waals surface area contributed by atoms with Crippen molar-refractivity contribution >= 4 is 29.5 Å². The lowest BCUT2D eigenvalue weighted by molar-refractivity contribution is -0.133. The molecule has 2 heterocycles. The normalized spacial score (nSPS) is 16.1. The number of aromatic amines is 1. The molecule has 1 aliphatic rings. The maximum absolute atomic E-state index is 12.0. The zero-order valence-corrected chi connectivity index (χ0v) is 11.7. The third kappa shape index (κ3) is 3.61. The Balaban J connectivity index is 1.76. The highest BCUT2D eigenvalue weighted by Crippen LogP contribution is 2.19. The van der Waals surface area contributed by atoms with Gasteiger partial charge in [-0.25, -0.2) is 10.9 Å². The molecule has 110 valence electrons. The number of amides is 2. The number of thioether (sulfide) groups is 1. The first-order chi connectivity index (χ1) is 9.60. The highest BCUT2D eigenvalue weighted by Gasteiger charge is 2.26. The van der Waals surface area contributed by atoms with Crippen LogP contribution in [0.25, 0.3) is 0 Å². The summed E-state index contributed by atoms with van der Waals surface area (Å²) < 4.78 is 0. The third-order valence-electron chi connectivity index (χ3n) is 3.17. The van der Waals surface area contributed by atoms with Gasteiger partial charge in [0.1, 0.15) is 0 Å². The largest absolute Gasteiger partial charge is 0.368 e. The molecule has 20 heavy (non-hydrogen) atoms. The molecule has 1 aromatic heterocycles. The molecule has 1 saturated heterocycles. The van der Waals surface area contributed by atoms with Gasteiger partial charge in [0, 0.05) is 19.0 Å². The van der Waals surface area contributed by atoms with Crippen LogP contribution >= 0.6 is 11.8 Å². The molecule has 1 aliphatic heterocycles. The Morgan fingerprint density at radius 3 is 2.70 bits per heavy atom. The van der Waals surface area contributed by atoms with E-state index in [0.717, 1.165) is 0 Å². The maximum Gasteiger partial charge on any atom is 0.237 e. The zero-order valence-electron chi connectivity index (χ0n) is 10.8. The summed E-state index contributed by atoms with van der Waals surface area (Å²) in [6.07, 6.45) is 1.26. The summed E-state index contributed by atoms with van der Waals surface area (Å²) in [5.41, 5.74) is 7.55. The Morgan fingerprint density at radius 1 is 1.45 bits per heavy atom. The average molecular weight is 299 g/mol. The summed E-state index contributed by atoms with van der Waals surface area (Å²) in [7, 11) is 0. The van der Waals surface area contributed by atoms with Crippen LogP contribution in [0.15, 0.2) is 5.16 Å². The van der Waals surface area contributed by atoms with Crippen molar-refractivity contribution < 1.29 is 9.59 Å². The summed E-state index contributed by atoms with van der Waals surface area (Å²) in [6, 6.07) is 0. The minimum absolute atomic E-state index is 0.00461. The second-order valence-electron chi connectivity index (χ2n) is 4.46. The van der Waals surface area contributed by atoms with Gasteiger partial charge in [-0.15, -0.1) is 5.10 Å². The first-order valence-corrected chi connectivity index (χ1v) is 7.17. The van der Waals surface area contributed by atoms with Crippen molar-refractivity contribution in [1.82, 2.24) is 25.5 Å². The smallest absolute Gasteiger partial charge is 0.237 e. The number of nitrogens with zero attached hydrogens (tertiary/aromatic N) is 3. The quantitative estimate of drug-likeness (QED) is 0.234. The fraction of sp³-hybridized carbons (Fsp3) is 0.600. The highest BCUT2D eigenvalue weighted by molar-refractivity contribution is 7.99. The van der Waals surface area contributed by atoms with Gasteiger partial charge in [-0.05, 0) is 12.8 Å². The van der Waals surface area contributed by atoms with Crippen molar-refractivity contribution in [3.63, 3.8) is 0 Å². The van der Waals surface area contributed by atoms with E-state index in [1.807, 2.05) is 0 Å². The molecule has 6 N–H and O–H groups in total. The Morgan fingerprint density at radius 2 is 2.15 bits per heavy atom. The molecule has 1 aromatic rings. The molecular weight excluding hydrogens is 282 g/mol. The molecule has 2 amide bonds. The Hall–Kier alpha value is -1.81. The van der Waals surface area contributed by atoms with Gasteiger partial charge in [0.2, 0.25) is 22.9 Å². The van der Waals surface area contributed by atoms with E-state index in [0.29, 0.717) is 31.1 Å². The molecule has 1 fully saturated rings. The molecule has 0 bridgehead atoms. The highest BCUT2D eigenvalue weighted by atomic mass is 32.2. The molecule has 0 aliphatic carbocycles. The van der Waals surface area contributed by atoms with Crippen molar-refractivity contribution in [2.75, 3.05) is 24.6 Å². The third-order valence-corrected chi connectivity index (χ3v) is 4.00. The number of hydrogen-bond donors (Lipinski definition) is 4. The van der Waals surface area contributed by atoms with Crippen molar-refractivity contribution in [2.24, 2.45) is 11.8 Å². The number of anilines is 1. The van der Waals surface area contributed by atoms with Gasteiger partial charge in [-0.3, -0.25) is 15.0 Å². The molecule has 0 spiro atoms. The molecule has 0 atom stereocenters. The van der Waals surface area contributed by atoms with Gasteiger partial charge in [0.25, 0.3) is 0 Å². The standard InChI is InChI=1S/C10H17N7O2S/c11-9-13-10(16-15-9)20-5-7(18)17-3-1-6(2-4-17)8(19)14-12/h6H,1-5,12H2,(H,14,19)(H3,11,13,15,16). The Kier molecular flexibility index (Phi) is 4.79. The van der Waals surface area contributed by atoms with Crippen molar-refractivity contribution in [3.8, 4) is 0 Å². The number of hydrazine groups is 1. The number of aromatic nitrogens is 3. The number of carbonyl (C=O) groups is 2. The van der Waals surface area contributed by atoms with Gasteiger partial charge in [-0.2, -0.15) is 4.98 Å². The number of rotatable bonds is 4. The van der Waals surface area contributed by atoms with Crippen LogP contribution in [0.5, 0.6) is 0 Å². The Labute approximate surface area is 119 Å². The minimum atomic E-state index is -0.164. The van der Waals surface area contributed by atoms with E-state index in [-0.39, 0.29) is 29.4 Å². The summed E-state index contributed by atoms with van der Waals surface area (Å²) in [5.74, 6) is 5.32. The van der Waals surface area contributed by atoms with Crippen LogP contribution in [0, 0.1) is 5.92 Å². The molecule has 0 radical (unpaired) electrons. The molecule has 9 nitrogen and oxygen atoms in total. The van der Waals surface area contributed by atoms with E-state index in [2.05, 4.69) is 20.6 Å². The molecule has 10 heteroatoms. The number of nitrogens with one attached hydrogen (secondary N) is 2. The minimum Gasteiger partial charge on any atom is -0.368 e. The van der Waals surface area contributed by atoms with Crippen LogP contribution in [0.1, 0.15) is 12.8 Å². The van der Waals surface area contributed by atoms with Crippen LogP contribution < -0.4 is 17.0 Å². The van der Waals surface area contributed by atoms with Crippen LogP contribution in [0.3, 0.4) is 0 Å². The molecule has 0 aromatic carbocycles. The maximum atomic E-state index is 12.0. The van der Waals surface area contributed by atoms with Gasteiger partial charge in [0.05, 0.1) is 5.75 Å². The van der Waals surface area contributed by atoms with E-state index in [4.69, 9.17) is 11.6 Å². The lowest BCUT2D eigenvalue weighted by Gasteiger charge is -2.30. The van der Waals surface area contributed by atoms with Crippen LogP contribution in [0.2, 0.25) is 0 Å². The molecule has 0 unspecified atom stereocenters. The van der Waals surface area contributed by atoms with Crippen molar-refractivity contribution in [2.45, 2.75) is 18.0 Å². The van der Waals surface area contributed by atoms with Crippen LogP contribution in [-0.4, -0.2) is 50.7 Å². The van der Waals surface area contributed by atoms with E-state index in [9.17, 15) is 9.59 Å². The van der Waals surface area contributed by atoms with E-state index < -0.39 is 0 Å². The predicted molar refractivity (Wildman–Crippen MR) is 73.2 cm³/mol. The average Bonchev–Trinajstić information content (AvgIpc) is 2.89. The number of carbonyl (C=O) groups excluding carboxylic acids is 2. The number of likely N-dealkylation sites (tertiary alicyclic amines) is 1. The molecular formula is C10H17N7O2S. The van der Waals surface area contributed by atoms with Gasteiger partial charge >= 0.3 is 0 Å². The lowest BCUT2D eigenvalue weighted by atomic mass is 9.96. The monoisotopic (exact) mass is 299 g/mol. The van der Waals surface area contributed by atoms with E-state index >= 15 is 0 Å². The SMILES string of the molecule is NNC(=O)C1CCN(C(=O)CSc2n[nH]c(N)n2)CC1. The summed E-state index contributed by atoms with van der Waals surface area (Å²) in [5, 5.41) is 6.81. The first kappa shape index (κ1) is 14.6. The number of piperidine rings is 1. The lowest BCUT2D eigenvalue weighted by Crippen LogP contribution is -2.45. The first-order valence-electron chi connectivity index (χ1n) is 6.19. The van der Waals surface area contributed by atoms with E-state index in [1.165, 1.54) is 11.8 Å². The fourth-order valence-electron chi connectivity index (χ4n) is 2.05.